The minimum atomic E-state index is -1.03. The smallest absolute Gasteiger partial charge is 0.323 e. The van der Waals surface area contributed by atoms with Gasteiger partial charge < -0.3 is 15.9 Å². The van der Waals surface area contributed by atoms with Gasteiger partial charge in [0.25, 0.3) is 0 Å². The van der Waals surface area contributed by atoms with Crippen LogP contribution < -0.4 is 5.73 Å². The van der Waals surface area contributed by atoms with Crippen LogP contribution in [0.4, 0.5) is 0 Å². The minimum Gasteiger partial charge on any atom is -0.480 e. The lowest BCUT2D eigenvalue weighted by Gasteiger charge is -2.19. The molecular weight excluding hydrogens is 202 g/mol. The quantitative estimate of drug-likeness (QED) is 0.639. The number of aliphatic carboxylic acids is 1. The van der Waals surface area contributed by atoms with Crippen molar-refractivity contribution in [2.45, 2.75) is 42.2 Å². The Bertz CT molecular complexity index is 224. The molecule has 1 aliphatic carbocycles. The van der Waals surface area contributed by atoms with Crippen LogP contribution in [-0.2, 0) is 4.79 Å². The first-order valence-electron chi connectivity index (χ1n) is 4.76. The third kappa shape index (κ3) is 2.62. The molecule has 1 aliphatic rings. The molecule has 1 rings (SSSR count). The summed E-state index contributed by atoms with van der Waals surface area (Å²) < 4.78 is 0. The molecular formula is C9H17NO3S. The Kier molecular flexibility index (Phi) is 3.80. The Labute approximate surface area is 87.9 Å². The maximum Gasteiger partial charge on any atom is 0.323 e. The fourth-order valence-corrected chi connectivity index (χ4v) is 3.10. The van der Waals surface area contributed by atoms with Gasteiger partial charge in [-0.1, -0.05) is 6.92 Å². The zero-order valence-electron chi connectivity index (χ0n) is 8.27. The van der Waals surface area contributed by atoms with Gasteiger partial charge in [-0.15, -0.1) is 0 Å². The Morgan fingerprint density at radius 3 is 2.86 bits per heavy atom. The normalized spacial score (nSPS) is 34.4. The fraction of sp³-hybridized carbons (Fsp3) is 0.889. The number of hydrogen-bond acceptors (Lipinski definition) is 4. The average molecular weight is 219 g/mol. The third-order valence-electron chi connectivity index (χ3n) is 2.61. The Morgan fingerprint density at radius 2 is 2.43 bits per heavy atom. The third-order valence-corrected chi connectivity index (χ3v) is 4.01. The number of hydrogen-bond donors (Lipinski definition) is 3. The number of carboxylic acids is 1. The van der Waals surface area contributed by atoms with Crippen LogP contribution in [0, 0.1) is 0 Å². The largest absolute Gasteiger partial charge is 0.480 e. The fourth-order valence-electron chi connectivity index (χ4n) is 1.71. The van der Waals surface area contributed by atoms with Crippen LogP contribution >= 0.6 is 11.8 Å². The van der Waals surface area contributed by atoms with Crippen molar-refractivity contribution in [1.82, 2.24) is 0 Å². The second kappa shape index (κ2) is 4.51. The number of thioether (sulfide) groups is 1. The molecule has 1 saturated carbocycles. The van der Waals surface area contributed by atoms with Crippen LogP contribution in [0.3, 0.4) is 0 Å². The second-order valence-corrected chi connectivity index (χ2v) is 5.70. The molecule has 5 heteroatoms. The highest BCUT2D eigenvalue weighted by molar-refractivity contribution is 8.00. The summed E-state index contributed by atoms with van der Waals surface area (Å²) >= 11 is 1.63. The number of rotatable bonds is 4. The lowest BCUT2D eigenvalue weighted by atomic mass is 10.0. The van der Waals surface area contributed by atoms with Gasteiger partial charge >= 0.3 is 5.97 Å². The Balaban J connectivity index is 2.45. The van der Waals surface area contributed by atoms with Crippen LogP contribution in [0.2, 0.25) is 0 Å². The van der Waals surface area contributed by atoms with Crippen LogP contribution in [0.5, 0.6) is 0 Å². The molecule has 0 aliphatic heterocycles. The predicted molar refractivity (Wildman–Crippen MR) is 56.3 cm³/mol. The van der Waals surface area contributed by atoms with Gasteiger partial charge in [0, 0.05) is 10.5 Å². The number of aliphatic hydroxyl groups excluding tert-OH is 1. The van der Waals surface area contributed by atoms with E-state index in [9.17, 15) is 4.79 Å². The van der Waals surface area contributed by atoms with Crippen molar-refractivity contribution in [3.8, 4) is 0 Å². The number of carbonyl (C=O) groups is 1. The molecule has 0 aromatic carbocycles. The molecule has 0 amide bonds. The number of carboxylic acid groups (broad SMARTS) is 1. The second-order valence-electron chi connectivity index (χ2n) is 3.96. The summed E-state index contributed by atoms with van der Waals surface area (Å²) in [5.41, 5.74) is 4.70. The molecule has 0 aromatic rings. The van der Waals surface area contributed by atoms with Crippen LogP contribution in [0.15, 0.2) is 0 Å². The van der Waals surface area contributed by atoms with E-state index in [1.54, 1.807) is 11.8 Å². The molecule has 1 fully saturated rings. The SMILES string of the molecule is CC(CO)SC1CCC(N)(C(=O)O)C1. The van der Waals surface area contributed by atoms with Gasteiger partial charge in [0.05, 0.1) is 6.61 Å². The molecule has 0 saturated heterocycles. The van der Waals surface area contributed by atoms with Crippen molar-refractivity contribution in [2.75, 3.05) is 6.61 Å². The molecule has 0 spiro atoms. The first kappa shape index (κ1) is 11.8. The van der Waals surface area contributed by atoms with E-state index >= 15 is 0 Å². The Morgan fingerprint density at radius 1 is 1.79 bits per heavy atom. The van der Waals surface area contributed by atoms with Gasteiger partial charge in [0.1, 0.15) is 5.54 Å². The summed E-state index contributed by atoms with van der Waals surface area (Å²) in [6.45, 7) is 2.06. The summed E-state index contributed by atoms with van der Waals surface area (Å²) in [5.74, 6) is -0.905. The van der Waals surface area contributed by atoms with Crippen molar-refractivity contribution in [3.05, 3.63) is 0 Å². The summed E-state index contributed by atoms with van der Waals surface area (Å²) in [6, 6.07) is 0. The highest BCUT2D eigenvalue weighted by Crippen LogP contribution is 2.37. The first-order chi connectivity index (χ1) is 6.48. The van der Waals surface area contributed by atoms with Gasteiger partial charge in [-0.2, -0.15) is 11.8 Å². The molecule has 4 N–H and O–H groups in total. The lowest BCUT2D eigenvalue weighted by molar-refractivity contribution is -0.143. The maximum absolute atomic E-state index is 10.8. The summed E-state index contributed by atoms with van der Waals surface area (Å²) in [5, 5.41) is 18.2. The molecule has 0 radical (unpaired) electrons. The standard InChI is InChI=1S/C9H17NO3S/c1-6(5-11)14-7-2-3-9(10,4-7)8(12)13/h6-7,11H,2-5,10H2,1H3,(H,12,13). The van der Waals surface area contributed by atoms with E-state index < -0.39 is 11.5 Å². The van der Waals surface area contributed by atoms with Crippen molar-refractivity contribution < 1.29 is 15.0 Å². The predicted octanol–water partition coefficient (Wildman–Crippen LogP) is 0.435. The number of aliphatic hydroxyl groups is 1. The first-order valence-corrected chi connectivity index (χ1v) is 5.71. The lowest BCUT2D eigenvalue weighted by Crippen LogP contribution is -2.45. The van der Waals surface area contributed by atoms with E-state index in [4.69, 9.17) is 15.9 Å². The van der Waals surface area contributed by atoms with Gasteiger partial charge in [-0.25, -0.2) is 0 Å². The topological polar surface area (TPSA) is 83.5 Å². The summed E-state index contributed by atoms with van der Waals surface area (Å²) in [6.07, 6.45) is 1.88. The highest BCUT2D eigenvalue weighted by atomic mass is 32.2. The van der Waals surface area contributed by atoms with E-state index in [-0.39, 0.29) is 17.1 Å². The van der Waals surface area contributed by atoms with Gasteiger partial charge in [0.15, 0.2) is 0 Å². The van der Waals surface area contributed by atoms with E-state index in [0.29, 0.717) is 12.8 Å². The molecule has 14 heavy (non-hydrogen) atoms. The molecule has 3 unspecified atom stereocenters. The van der Waals surface area contributed by atoms with E-state index in [1.165, 1.54) is 0 Å². The van der Waals surface area contributed by atoms with Gasteiger partial charge in [-0.05, 0) is 19.3 Å². The van der Waals surface area contributed by atoms with Crippen molar-refractivity contribution in [3.63, 3.8) is 0 Å². The molecule has 4 nitrogen and oxygen atoms in total. The van der Waals surface area contributed by atoms with Crippen LogP contribution in [0.1, 0.15) is 26.2 Å². The molecule has 0 bridgehead atoms. The highest BCUT2D eigenvalue weighted by Gasteiger charge is 2.42. The summed E-state index contributed by atoms with van der Waals surface area (Å²) in [7, 11) is 0. The monoisotopic (exact) mass is 219 g/mol. The maximum atomic E-state index is 10.8. The van der Waals surface area contributed by atoms with E-state index in [0.717, 1.165) is 6.42 Å². The average Bonchev–Trinajstić information content (AvgIpc) is 2.49. The van der Waals surface area contributed by atoms with E-state index in [1.807, 2.05) is 6.92 Å². The molecule has 3 atom stereocenters. The molecule has 0 aromatic heterocycles. The van der Waals surface area contributed by atoms with Crippen molar-refractivity contribution >= 4 is 17.7 Å². The zero-order valence-corrected chi connectivity index (χ0v) is 9.09. The van der Waals surface area contributed by atoms with Crippen LogP contribution in [0.25, 0.3) is 0 Å². The van der Waals surface area contributed by atoms with Gasteiger partial charge in [-0.3, -0.25) is 4.79 Å². The molecule has 82 valence electrons. The Hall–Kier alpha value is -0.260. The van der Waals surface area contributed by atoms with E-state index in [2.05, 4.69) is 0 Å². The van der Waals surface area contributed by atoms with Crippen LogP contribution in [-0.4, -0.2) is 38.8 Å². The zero-order chi connectivity index (χ0) is 10.8. The summed E-state index contributed by atoms with van der Waals surface area (Å²) in [4.78, 5) is 10.8. The molecule has 0 heterocycles. The van der Waals surface area contributed by atoms with Gasteiger partial charge in [0.2, 0.25) is 0 Å². The minimum absolute atomic E-state index is 0.131. The van der Waals surface area contributed by atoms with Crippen molar-refractivity contribution in [2.24, 2.45) is 5.73 Å². The van der Waals surface area contributed by atoms with Crippen molar-refractivity contribution in [1.29, 1.82) is 0 Å². The number of nitrogens with two attached hydrogens (primary N) is 1.